The molecule has 1 aliphatic rings. The maximum Gasteiger partial charge on any atom is 0.243 e. The predicted octanol–water partition coefficient (Wildman–Crippen LogP) is 1.61. The van der Waals surface area contributed by atoms with Crippen molar-refractivity contribution in [3.63, 3.8) is 0 Å². The summed E-state index contributed by atoms with van der Waals surface area (Å²) in [6.45, 7) is 1.49. The summed E-state index contributed by atoms with van der Waals surface area (Å²) in [6, 6.07) is 7.02. The van der Waals surface area contributed by atoms with Crippen LogP contribution in [0.5, 0.6) is 0 Å². The van der Waals surface area contributed by atoms with Gasteiger partial charge in [-0.1, -0.05) is 12.1 Å². The van der Waals surface area contributed by atoms with Gasteiger partial charge >= 0.3 is 0 Å². The number of pyridine rings is 1. The Morgan fingerprint density at radius 3 is 2.79 bits per heavy atom. The summed E-state index contributed by atoms with van der Waals surface area (Å²) in [5.41, 5.74) is 6.10. The summed E-state index contributed by atoms with van der Waals surface area (Å²) in [6.07, 6.45) is 4.83. The molecule has 6 nitrogen and oxygen atoms in total. The standard InChI is InChI=1S/C17H23N3O3S/c1-23-12-16(18)13-6-9-20(10-7-13)24(21,22)17-4-2-3-14-11-19-8-5-15(14)17/h2-5,8,11,13,16H,6-7,9-10,12,18H2,1H3. The van der Waals surface area contributed by atoms with Crippen LogP contribution >= 0.6 is 0 Å². The Kier molecular flexibility index (Phi) is 5.15. The number of nitrogens with zero attached hydrogens (tertiary/aromatic N) is 2. The minimum atomic E-state index is -3.52. The van der Waals surface area contributed by atoms with E-state index in [1.807, 2.05) is 6.07 Å². The van der Waals surface area contributed by atoms with Crippen molar-refractivity contribution < 1.29 is 13.2 Å². The van der Waals surface area contributed by atoms with Crippen molar-refractivity contribution in [2.45, 2.75) is 23.8 Å². The van der Waals surface area contributed by atoms with Crippen LogP contribution in [0.1, 0.15) is 12.8 Å². The molecule has 1 saturated heterocycles. The molecule has 130 valence electrons. The van der Waals surface area contributed by atoms with E-state index >= 15 is 0 Å². The molecule has 24 heavy (non-hydrogen) atoms. The number of aromatic nitrogens is 1. The lowest BCUT2D eigenvalue weighted by atomic mass is 9.91. The van der Waals surface area contributed by atoms with Gasteiger partial charge in [-0.15, -0.1) is 0 Å². The summed E-state index contributed by atoms with van der Waals surface area (Å²) in [4.78, 5) is 4.41. The highest BCUT2D eigenvalue weighted by Gasteiger charge is 2.32. The number of sulfonamides is 1. The third-order valence-electron chi connectivity index (χ3n) is 4.72. The van der Waals surface area contributed by atoms with E-state index in [2.05, 4.69) is 4.98 Å². The van der Waals surface area contributed by atoms with Gasteiger partial charge in [0.2, 0.25) is 10.0 Å². The van der Waals surface area contributed by atoms with Gasteiger partial charge in [-0.3, -0.25) is 4.98 Å². The number of rotatable bonds is 5. The molecule has 3 rings (SSSR count). The highest BCUT2D eigenvalue weighted by Crippen LogP contribution is 2.29. The number of nitrogens with two attached hydrogens (primary N) is 1. The smallest absolute Gasteiger partial charge is 0.243 e. The van der Waals surface area contributed by atoms with Gasteiger partial charge < -0.3 is 10.5 Å². The molecule has 0 aliphatic carbocycles. The third-order valence-corrected chi connectivity index (χ3v) is 6.68. The van der Waals surface area contributed by atoms with Crippen molar-refractivity contribution in [3.05, 3.63) is 36.7 Å². The van der Waals surface area contributed by atoms with Gasteiger partial charge in [0.05, 0.1) is 11.5 Å². The van der Waals surface area contributed by atoms with E-state index in [1.54, 1.807) is 42.0 Å². The Labute approximate surface area is 142 Å². The Balaban J connectivity index is 1.82. The Morgan fingerprint density at radius 1 is 1.33 bits per heavy atom. The van der Waals surface area contributed by atoms with E-state index in [0.29, 0.717) is 35.9 Å². The number of ether oxygens (including phenoxy) is 1. The maximum atomic E-state index is 13.1. The van der Waals surface area contributed by atoms with Gasteiger partial charge in [-0.05, 0) is 30.9 Å². The number of piperidine rings is 1. The summed E-state index contributed by atoms with van der Waals surface area (Å²) in [5, 5.41) is 1.54. The monoisotopic (exact) mass is 349 g/mol. The summed E-state index contributed by atoms with van der Waals surface area (Å²) in [7, 11) is -1.88. The summed E-state index contributed by atoms with van der Waals surface area (Å²) in [5.74, 6) is 0.299. The molecule has 1 aromatic carbocycles. The molecule has 2 heterocycles. The minimum absolute atomic E-state index is 0.0384. The van der Waals surface area contributed by atoms with Gasteiger partial charge in [0.15, 0.2) is 0 Å². The van der Waals surface area contributed by atoms with Gasteiger partial charge in [-0.2, -0.15) is 4.31 Å². The molecule has 0 amide bonds. The molecular weight excluding hydrogens is 326 g/mol. The van der Waals surface area contributed by atoms with Gasteiger partial charge in [-0.25, -0.2) is 8.42 Å². The molecule has 1 fully saturated rings. The Hall–Kier alpha value is -1.54. The molecule has 1 atom stereocenters. The second-order valence-corrected chi connectivity index (χ2v) is 8.12. The number of hydrogen-bond acceptors (Lipinski definition) is 5. The number of methoxy groups -OCH3 is 1. The fourth-order valence-corrected chi connectivity index (χ4v) is 5.01. The van der Waals surface area contributed by atoms with Crippen LogP contribution in [-0.4, -0.2) is 50.6 Å². The predicted molar refractivity (Wildman–Crippen MR) is 93.1 cm³/mol. The lowest BCUT2D eigenvalue weighted by molar-refractivity contribution is 0.136. The van der Waals surface area contributed by atoms with Gasteiger partial charge in [0, 0.05) is 49.4 Å². The van der Waals surface area contributed by atoms with E-state index in [9.17, 15) is 8.42 Å². The molecule has 0 spiro atoms. The zero-order valence-corrected chi connectivity index (χ0v) is 14.6. The van der Waals surface area contributed by atoms with Crippen LogP contribution in [0.2, 0.25) is 0 Å². The van der Waals surface area contributed by atoms with Crippen molar-refractivity contribution in [1.29, 1.82) is 0 Å². The van der Waals surface area contributed by atoms with Gasteiger partial charge in [0.25, 0.3) is 0 Å². The van der Waals surface area contributed by atoms with Crippen LogP contribution in [0.25, 0.3) is 10.8 Å². The summed E-state index contributed by atoms with van der Waals surface area (Å²) < 4.78 is 32.8. The first-order chi connectivity index (χ1) is 11.5. The number of hydrogen-bond donors (Lipinski definition) is 1. The maximum absolute atomic E-state index is 13.1. The largest absolute Gasteiger partial charge is 0.383 e. The highest BCUT2D eigenvalue weighted by atomic mass is 32.2. The van der Waals surface area contributed by atoms with Crippen LogP contribution in [0.15, 0.2) is 41.6 Å². The first-order valence-corrected chi connectivity index (χ1v) is 9.55. The molecule has 1 aromatic heterocycles. The van der Waals surface area contributed by atoms with Crippen LogP contribution in [0.3, 0.4) is 0 Å². The van der Waals surface area contributed by atoms with Crippen molar-refractivity contribution in [3.8, 4) is 0 Å². The van der Waals surface area contributed by atoms with E-state index in [1.165, 1.54) is 0 Å². The number of benzene rings is 1. The second kappa shape index (κ2) is 7.14. The Morgan fingerprint density at radius 2 is 2.08 bits per heavy atom. The first kappa shape index (κ1) is 17.3. The first-order valence-electron chi connectivity index (χ1n) is 8.11. The molecule has 0 saturated carbocycles. The molecule has 2 N–H and O–H groups in total. The van der Waals surface area contributed by atoms with Crippen LogP contribution in [-0.2, 0) is 14.8 Å². The molecule has 1 unspecified atom stereocenters. The van der Waals surface area contributed by atoms with Gasteiger partial charge in [0.1, 0.15) is 0 Å². The molecule has 7 heteroatoms. The van der Waals surface area contributed by atoms with Crippen LogP contribution in [0, 0.1) is 5.92 Å². The molecule has 2 aromatic rings. The molecule has 0 bridgehead atoms. The molecular formula is C17H23N3O3S. The fraction of sp³-hybridized carbons (Fsp3) is 0.471. The van der Waals surface area contributed by atoms with E-state index < -0.39 is 10.0 Å². The highest BCUT2D eigenvalue weighted by molar-refractivity contribution is 7.89. The van der Waals surface area contributed by atoms with Crippen molar-refractivity contribution >= 4 is 20.8 Å². The molecule has 1 aliphatic heterocycles. The normalized spacial score (nSPS) is 18.8. The third kappa shape index (κ3) is 3.30. The zero-order chi connectivity index (χ0) is 17.2. The van der Waals surface area contributed by atoms with E-state index in [0.717, 1.165) is 18.2 Å². The van der Waals surface area contributed by atoms with Crippen molar-refractivity contribution in [2.75, 3.05) is 26.8 Å². The SMILES string of the molecule is COCC(N)C1CCN(S(=O)(=O)c2cccc3cnccc23)CC1. The fourth-order valence-electron chi connectivity index (χ4n) is 3.33. The van der Waals surface area contributed by atoms with E-state index in [4.69, 9.17) is 10.5 Å². The minimum Gasteiger partial charge on any atom is -0.383 e. The average Bonchev–Trinajstić information content (AvgIpc) is 2.61. The van der Waals surface area contributed by atoms with Crippen molar-refractivity contribution in [2.24, 2.45) is 11.7 Å². The van der Waals surface area contributed by atoms with Crippen LogP contribution < -0.4 is 5.73 Å². The number of fused-ring (bicyclic) bond motifs is 1. The lowest BCUT2D eigenvalue weighted by Gasteiger charge is -2.34. The second-order valence-electron chi connectivity index (χ2n) is 6.21. The Bertz CT molecular complexity index is 796. The quantitative estimate of drug-likeness (QED) is 0.886. The molecule has 0 radical (unpaired) electrons. The zero-order valence-electron chi connectivity index (χ0n) is 13.8. The lowest BCUT2D eigenvalue weighted by Crippen LogP contribution is -2.44. The summed E-state index contributed by atoms with van der Waals surface area (Å²) >= 11 is 0. The van der Waals surface area contributed by atoms with Crippen LogP contribution in [0.4, 0.5) is 0 Å². The average molecular weight is 349 g/mol. The topological polar surface area (TPSA) is 85.5 Å². The van der Waals surface area contributed by atoms with Crippen molar-refractivity contribution in [1.82, 2.24) is 9.29 Å². The van der Waals surface area contributed by atoms with E-state index in [-0.39, 0.29) is 6.04 Å².